The molecule has 19 heavy (non-hydrogen) atoms. The first-order valence-electron chi connectivity index (χ1n) is 6.25. The second-order valence-electron chi connectivity index (χ2n) is 5.31. The van der Waals surface area contributed by atoms with Gasteiger partial charge in [0.2, 0.25) is 5.78 Å². The van der Waals surface area contributed by atoms with Crippen LogP contribution in [0.4, 0.5) is 0 Å². The molecule has 2 aliphatic heterocycles. The van der Waals surface area contributed by atoms with Crippen molar-refractivity contribution in [3.63, 3.8) is 0 Å². The van der Waals surface area contributed by atoms with Crippen molar-refractivity contribution >= 4 is 11.8 Å². The maximum atomic E-state index is 11.9. The van der Waals surface area contributed by atoms with Crippen LogP contribution in [0.2, 0.25) is 0 Å². The van der Waals surface area contributed by atoms with Gasteiger partial charge in [-0.2, -0.15) is 0 Å². The highest BCUT2D eigenvalue weighted by Crippen LogP contribution is 2.36. The summed E-state index contributed by atoms with van der Waals surface area (Å²) in [6, 6.07) is 0. The van der Waals surface area contributed by atoms with Gasteiger partial charge in [0.05, 0.1) is 18.8 Å². The Morgan fingerprint density at radius 2 is 2.26 bits per heavy atom. The highest BCUT2D eigenvalue weighted by atomic mass is 16.6. The van der Waals surface area contributed by atoms with E-state index in [2.05, 4.69) is 6.58 Å². The molecule has 2 aliphatic rings. The molecule has 0 unspecified atom stereocenters. The molecule has 5 nitrogen and oxygen atoms in total. The molecule has 5 heteroatoms. The highest BCUT2D eigenvalue weighted by molar-refractivity contribution is 5.99. The molecule has 1 saturated heterocycles. The van der Waals surface area contributed by atoms with E-state index in [4.69, 9.17) is 9.47 Å². The van der Waals surface area contributed by atoms with Crippen LogP contribution in [0.5, 0.6) is 0 Å². The smallest absolute Gasteiger partial charge is 0.306 e. The number of aliphatic hydroxyl groups is 1. The Bertz CT molecular complexity index is 464. The summed E-state index contributed by atoms with van der Waals surface area (Å²) in [7, 11) is 0. The van der Waals surface area contributed by atoms with Gasteiger partial charge in [-0.15, -0.1) is 0 Å². The van der Waals surface area contributed by atoms with Crippen molar-refractivity contribution in [1.82, 2.24) is 0 Å². The van der Waals surface area contributed by atoms with Crippen molar-refractivity contribution in [2.24, 2.45) is 5.92 Å². The van der Waals surface area contributed by atoms with Crippen molar-refractivity contribution in [1.29, 1.82) is 0 Å². The Morgan fingerprint density at radius 3 is 2.79 bits per heavy atom. The number of esters is 1. The molecule has 0 aromatic rings. The first kappa shape index (κ1) is 13.8. The predicted molar refractivity (Wildman–Crippen MR) is 67.1 cm³/mol. The van der Waals surface area contributed by atoms with Gasteiger partial charge in [0, 0.05) is 18.4 Å². The van der Waals surface area contributed by atoms with E-state index in [0.717, 1.165) is 0 Å². The number of hydrogen-bond donors (Lipinski definition) is 1. The zero-order valence-corrected chi connectivity index (χ0v) is 11.1. The number of ketones is 1. The largest absolute Gasteiger partial charge is 0.484 e. The van der Waals surface area contributed by atoms with Gasteiger partial charge in [-0.25, -0.2) is 0 Å². The molecule has 104 valence electrons. The molecular weight excluding hydrogens is 248 g/mol. The van der Waals surface area contributed by atoms with Crippen molar-refractivity contribution in [3.05, 3.63) is 24.0 Å². The Balaban J connectivity index is 2.06. The second kappa shape index (κ2) is 4.81. The van der Waals surface area contributed by atoms with E-state index in [1.165, 1.54) is 6.08 Å². The third-order valence-electron chi connectivity index (χ3n) is 3.63. The highest BCUT2D eigenvalue weighted by Gasteiger charge is 2.43. The van der Waals surface area contributed by atoms with Crippen LogP contribution in [0.3, 0.4) is 0 Å². The van der Waals surface area contributed by atoms with Gasteiger partial charge in [-0.05, 0) is 13.8 Å². The van der Waals surface area contributed by atoms with Crippen molar-refractivity contribution in [2.45, 2.75) is 38.4 Å². The Hall–Kier alpha value is -1.62. The minimum Gasteiger partial charge on any atom is -0.484 e. The van der Waals surface area contributed by atoms with Crippen molar-refractivity contribution in [3.8, 4) is 0 Å². The first-order valence-corrected chi connectivity index (χ1v) is 6.25. The number of hydrogen-bond acceptors (Lipinski definition) is 5. The summed E-state index contributed by atoms with van der Waals surface area (Å²) in [6.07, 6.45) is 1.42. The fraction of sp³-hybridized carbons (Fsp3) is 0.571. The average Bonchev–Trinajstić information content (AvgIpc) is 2.80. The summed E-state index contributed by atoms with van der Waals surface area (Å²) >= 11 is 0. The number of carbonyl (C=O) groups excluding carboxylic acids is 2. The van der Waals surface area contributed by atoms with E-state index in [1.807, 2.05) is 0 Å². The van der Waals surface area contributed by atoms with Crippen LogP contribution in [0.25, 0.3) is 0 Å². The maximum Gasteiger partial charge on any atom is 0.306 e. The van der Waals surface area contributed by atoms with E-state index in [1.54, 1.807) is 13.8 Å². The summed E-state index contributed by atoms with van der Waals surface area (Å²) in [5, 5.41) is 9.20. The van der Waals surface area contributed by atoms with Gasteiger partial charge in [0.15, 0.2) is 5.60 Å². The molecule has 3 atom stereocenters. The summed E-state index contributed by atoms with van der Waals surface area (Å²) in [6.45, 7) is 7.14. The predicted octanol–water partition coefficient (Wildman–Crippen LogP) is 1.12. The second-order valence-corrected chi connectivity index (χ2v) is 5.31. The molecule has 1 fully saturated rings. The van der Waals surface area contributed by atoms with Gasteiger partial charge in [0.25, 0.3) is 0 Å². The molecule has 0 aromatic heterocycles. The lowest BCUT2D eigenvalue weighted by Crippen LogP contribution is -2.35. The lowest BCUT2D eigenvalue weighted by molar-refractivity contribution is -0.142. The molecule has 0 aliphatic carbocycles. The van der Waals surface area contributed by atoms with Crippen LogP contribution >= 0.6 is 0 Å². The normalized spacial score (nSPS) is 33.9. The summed E-state index contributed by atoms with van der Waals surface area (Å²) in [5.74, 6) is -0.121. The number of cyclic esters (lactones) is 1. The Labute approximate surface area is 111 Å². The summed E-state index contributed by atoms with van der Waals surface area (Å²) < 4.78 is 10.6. The zero-order valence-electron chi connectivity index (χ0n) is 11.1. The Kier molecular flexibility index (Phi) is 3.49. The molecule has 0 radical (unpaired) electrons. The van der Waals surface area contributed by atoms with Crippen LogP contribution in [0.15, 0.2) is 24.0 Å². The molecule has 0 spiro atoms. The maximum absolute atomic E-state index is 11.9. The van der Waals surface area contributed by atoms with E-state index < -0.39 is 11.7 Å². The topological polar surface area (TPSA) is 72.8 Å². The number of allylic oxidation sites excluding steroid dienone is 1. The van der Waals surface area contributed by atoms with Gasteiger partial charge >= 0.3 is 5.97 Å². The minimum absolute atomic E-state index is 0.100. The van der Waals surface area contributed by atoms with Crippen molar-refractivity contribution < 1.29 is 24.2 Å². The van der Waals surface area contributed by atoms with Crippen LogP contribution in [0.1, 0.15) is 26.7 Å². The van der Waals surface area contributed by atoms with Crippen molar-refractivity contribution in [2.75, 3.05) is 6.61 Å². The van der Waals surface area contributed by atoms with Gasteiger partial charge < -0.3 is 14.6 Å². The van der Waals surface area contributed by atoms with E-state index in [9.17, 15) is 14.7 Å². The number of aliphatic hydroxyl groups excluding tert-OH is 1. The van der Waals surface area contributed by atoms with E-state index in [-0.39, 0.29) is 30.7 Å². The molecular formula is C14H18O5. The molecule has 2 rings (SSSR count). The quantitative estimate of drug-likeness (QED) is 0.609. The van der Waals surface area contributed by atoms with Gasteiger partial charge in [0.1, 0.15) is 6.10 Å². The Morgan fingerprint density at radius 1 is 1.58 bits per heavy atom. The molecule has 0 amide bonds. The molecule has 1 N–H and O–H groups in total. The average molecular weight is 266 g/mol. The number of ether oxygens (including phenoxy) is 2. The monoisotopic (exact) mass is 266 g/mol. The summed E-state index contributed by atoms with van der Waals surface area (Å²) in [5.41, 5.74) is -0.254. The third kappa shape index (κ3) is 2.56. The van der Waals surface area contributed by atoms with Gasteiger partial charge in [-0.3, -0.25) is 9.59 Å². The lowest BCUT2D eigenvalue weighted by atomic mass is 9.84. The molecule has 2 heterocycles. The standard InChI is InChI=1S/C14H18O5/c1-8(10-5-13(17)18-11(10)7-15)6-14(3)12(16)4-9(2)19-14/h4,10-11,15H,1,5-7H2,2-3H3/t10-,11-,14-/m1/s1. The fourth-order valence-electron chi connectivity index (χ4n) is 2.64. The molecule has 0 saturated carbocycles. The molecule has 0 bridgehead atoms. The zero-order chi connectivity index (χ0) is 14.2. The number of rotatable bonds is 4. The van der Waals surface area contributed by atoms with Crippen LogP contribution in [0, 0.1) is 5.92 Å². The van der Waals surface area contributed by atoms with E-state index >= 15 is 0 Å². The third-order valence-corrected chi connectivity index (χ3v) is 3.63. The van der Waals surface area contributed by atoms with Crippen LogP contribution in [-0.2, 0) is 19.1 Å². The summed E-state index contributed by atoms with van der Waals surface area (Å²) in [4.78, 5) is 23.2. The lowest BCUT2D eigenvalue weighted by Gasteiger charge is -2.27. The fourth-order valence-corrected chi connectivity index (χ4v) is 2.64. The van der Waals surface area contributed by atoms with Gasteiger partial charge in [-0.1, -0.05) is 12.2 Å². The molecule has 0 aromatic carbocycles. The van der Waals surface area contributed by atoms with Crippen LogP contribution in [-0.4, -0.2) is 35.2 Å². The number of carbonyl (C=O) groups is 2. The minimum atomic E-state index is -0.952. The van der Waals surface area contributed by atoms with Crippen LogP contribution < -0.4 is 0 Å². The SMILES string of the molecule is C=C(C[C@@]1(C)OC(C)=CC1=O)[C@H]1CC(=O)O[C@@H]1CO. The first-order chi connectivity index (χ1) is 8.85. The van der Waals surface area contributed by atoms with E-state index in [0.29, 0.717) is 17.8 Å².